The maximum Gasteiger partial charge on any atom is 0.264 e. The fourth-order valence-electron chi connectivity index (χ4n) is 4.08. The molecule has 0 aliphatic carbocycles. The van der Waals surface area contributed by atoms with Crippen LogP contribution < -0.4 is 14.4 Å². The van der Waals surface area contributed by atoms with E-state index in [9.17, 15) is 18.0 Å². The van der Waals surface area contributed by atoms with Crippen LogP contribution in [0.2, 0.25) is 5.02 Å². The molecule has 0 spiro atoms. The van der Waals surface area contributed by atoms with Gasteiger partial charge in [0.05, 0.1) is 17.2 Å². The zero-order valence-electron chi connectivity index (χ0n) is 24.3. The molecular weight excluding hydrogens is 562 g/mol. The number of hydrogen-bond donors (Lipinski definition) is 1. The lowest BCUT2D eigenvalue weighted by Gasteiger charge is -2.33. The van der Waals surface area contributed by atoms with E-state index in [0.717, 1.165) is 15.4 Å². The van der Waals surface area contributed by atoms with Gasteiger partial charge >= 0.3 is 0 Å². The number of hydrogen-bond acceptors (Lipinski definition) is 5. The van der Waals surface area contributed by atoms with Crippen LogP contribution in [0.5, 0.6) is 5.75 Å². The van der Waals surface area contributed by atoms with E-state index in [-0.39, 0.29) is 17.3 Å². The Hall–Kier alpha value is -3.56. The molecular formula is C31H38ClN3O5S. The Morgan fingerprint density at radius 2 is 1.54 bits per heavy atom. The monoisotopic (exact) mass is 599 g/mol. The highest BCUT2D eigenvalue weighted by Crippen LogP contribution is 2.27. The first-order chi connectivity index (χ1) is 19.2. The summed E-state index contributed by atoms with van der Waals surface area (Å²) in [5.41, 5.74) is 1.41. The SMILES string of the molecule is CCOc1ccc(N(CC(=O)N(Cc2ccc(Cl)cc2)C(C)C(=O)NC(C)(C)C)S(=O)(=O)c2ccc(C)cc2)cc1. The second-order valence-corrected chi connectivity index (χ2v) is 13.1. The summed E-state index contributed by atoms with van der Waals surface area (Å²) in [6, 6.07) is 19.0. The Balaban J connectivity index is 2.03. The maximum absolute atomic E-state index is 14.0. The Kier molecular flexibility index (Phi) is 10.4. The molecule has 0 aromatic heterocycles. The van der Waals surface area contributed by atoms with Gasteiger partial charge in [0.2, 0.25) is 11.8 Å². The number of ether oxygens (including phenoxy) is 1. The fourth-order valence-corrected chi connectivity index (χ4v) is 5.62. The molecule has 220 valence electrons. The number of nitrogens with zero attached hydrogens (tertiary/aromatic N) is 2. The fraction of sp³-hybridized carbons (Fsp3) is 0.355. The lowest BCUT2D eigenvalue weighted by atomic mass is 10.1. The third-order valence-corrected chi connectivity index (χ3v) is 8.30. The van der Waals surface area contributed by atoms with Gasteiger partial charge < -0.3 is 15.0 Å². The number of rotatable bonds is 11. The third kappa shape index (κ3) is 8.71. The first-order valence-corrected chi connectivity index (χ1v) is 15.2. The van der Waals surface area contributed by atoms with Crippen LogP contribution in [0.3, 0.4) is 0 Å². The summed E-state index contributed by atoms with van der Waals surface area (Å²) in [5.74, 6) is -0.318. The molecule has 41 heavy (non-hydrogen) atoms. The predicted molar refractivity (Wildman–Crippen MR) is 163 cm³/mol. The quantitative estimate of drug-likeness (QED) is 0.311. The summed E-state index contributed by atoms with van der Waals surface area (Å²) in [4.78, 5) is 28.6. The molecule has 0 saturated heterocycles. The topological polar surface area (TPSA) is 96.0 Å². The molecule has 1 unspecified atom stereocenters. The van der Waals surface area contributed by atoms with Crippen LogP contribution in [0, 0.1) is 6.92 Å². The summed E-state index contributed by atoms with van der Waals surface area (Å²) in [7, 11) is -4.15. The van der Waals surface area contributed by atoms with Gasteiger partial charge in [-0.3, -0.25) is 13.9 Å². The molecule has 0 aliphatic rings. The first kappa shape index (κ1) is 32.0. The van der Waals surface area contributed by atoms with Crippen molar-refractivity contribution in [3.8, 4) is 5.75 Å². The number of carbonyl (C=O) groups is 2. The number of anilines is 1. The molecule has 0 radical (unpaired) electrons. The average molecular weight is 600 g/mol. The highest BCUT2D eigenvalue weighted by molar-refractivity contribution is 7.92. The van der Waals surface area contributed by atoms with Gasteiger partial charge in [0.1, 0.15) is 18.3 Å². The summed E-state index contributed by atoms with van der Waals surface area (Å²) in [6.45, 7) is 10.9. The van der Waals surface area contributed by atoms with E-state index in [0.29, 0.717) is 23.1 Å². The van der Waals surface area contributed by atoms with Gasteiger partial charge in [-0.05, 0) is 95.6 Å². The van der Waals surface area contributed by atoms with Gasteiger partial charge in [-0.25, -0.2) is 8.42 Å². The molecule has 1 N–H and O–H groups in total. The second kappa shape index (κ2) is 13.4. The van der Waals surface area contributed by atoms with Crippen LogP contribution in [0.1, 0.15) is 45.7 Å². The van der Waals surface area contributed by atoms with E-state index in [1.165, 1.54) is 17.0 Å². The molecule has 2 amide bonds. The summed E-state index contributed by atoms with van der Waals surface area (Å²) in [5, 5.41) is 3.45. The predicted octanol–water partition coefficient (Wildman–Crippen LogP) is 5.57. The van der Waals surface area contributed by atoms with Crippen LogP contribution in [0.25, 0.3) is 0 Å². The number of nitrogens with one attached hydrogen (secondary N) is 1. The molecule has 0 fully saturated rings. The molecule has 0 saturated carbocycles. The minimum Gasteiger partial charge on any atom is -0.494 e. The van der Waals surface area contributed by atoms with Crippen molar-refractivity contribution in [3.63, 3.8) is 0 Å². The largest absolute Gasteiger partial charge is 0.494 e. The maximum atomic E-state index is 14.0. The number of halogens is 1. The lowest BCUT2D eigenvalue weighted by molar-refractivity contribution is -0.140. The molecule has 3 aromatic rings. The molecule has 1 atom stereocenters. The third-order valence-electron chi connectivity index (χ3n) is 6.26. The minimum absolute atomic E-state index is 0.0487. The van der Waals surface area contributed by atoms with E-state index < -0.39 is 34.1 Å². The molecule has 3 aromatic carbocycles. The standard InChI is InChI=1S/C31H38ClN3O5S/c1-7-40-27-16-14-26(15-17-27)35(41(38,39)28-18-8-22(2)9-19-28)21-29(36)34(20-24-10-12-25(32)13-11-24)23(3)30(37)33-31(4,5)6/h8-19,23H,7,20-21H2,1-6H3,(H,33,37). The number of aryl methyl sites for hydroxylation is 1. The number of carbonyl (C=O) groups excluding carboxylic acids is 2. The van der Waals surface area contributed by atoms with Crippen molar-refractivity contribution >= 4 is 39.1 Å². The van der Waals surface area contributed by atoms with E-state index in [1.54, 1.807) is 67.6 Å². The average Bonchev–Trinajstić information content (AvgIpc) is 2.91. The lowest BCUT2D eigenvalue weighted by Crippen LogP contribution is -2.54. The molecule has 0 aliphatic heterocycles. The summed E-state index contributed by atoms with van der Waals surface area (Å²) < 4.78 is 34.4. The molecule has 8 nitrogen and oxygen atoms in total. The van der Waals surface area contributed by atoms with Gasteiger partial charge in [0, 0.05) is 17.1 Å². The van der Waals surface area contributed by atoms with Crippen LogP contribution in [-0.2, 0) is 26.2 Å². The summed E-state index contributed by atoms with van der Waals surface area (Å²) in [6.07, 6.45) is 0. The van der Waals surface area contributed by atoms with Crippen LogP contribution in [0.4, 0.5) is 5.69 Å². The first-order valence-electron chi connectivity index (χ1n) is 13.4. The van der Waals surface area contributed by atoms with Gasteiger partial charge in [-0.15, -0.1) is 0 Å². The van der Waals surface area contributed by atoms with Gasteiger partial charge in [0.25, 0.3) is 10.0 Å². The Bertz CT molecular complexity index is 1440. The Morgan fingerprint density at radius 3 is 2.07 bits per heavy atom. The van der Waals surface area contributed by atoms with Crippen molar-refractivity contribution < 1.29 is 22.7 Å². The highest BCUT2D eigenvalue weighted by Gasteiger charge is 2.33. The van der Waals surface area contributed by atoms with Crippen molar-refractivity contribution in [2.75, 3.05) is 17.5 Å². The van der Waals surface area contributed by atoms with Gasteiger partial charge in [0.15, 0.2) is 0 Å². The van der Waals surface area contributed by atoms with Crippen molar-refractivity contribution in [2.45, 2.75) is 64.6 Å². The van der Waals surface area contributed by atoms with E-state index in [4.69, 9.17) is 16.3 Å². The number of amides is 2. The Morgan fingerprint density at radius 1 is 0.951 bits per heavy atom. The van der Waals surface area contributed by atoms with Crippen molar-refractivity contribution in [2.24, 2.45) is 0 Å². The van der Waals surface area contributed by atoms with Gasteiger partial charge in [-0.2, -0.15) is 0 Å². The van der Waals surface area contributed by atoms with E-state index in [2.05, 4.69) is 5.32 Å². The molecule has 3 rings (SSSR count). The highest BCUT2D eigenvalue weighted by atomic mass is 35.5. The zero-order chi connectivity index (χ0) is 30.4. The Labute approximate surface area is 248 Å². The molecule has 0 bridgehead atoms. The van der Waals surface area contributed by atoms with Crippen LogP contribution in [-0.4, -0.2) is 49.9 Å². The smallest absolute Gasteiger partial charge is 0.264 e. The van der Waals surface area contributed by atoms with E-state index >= 15 is 0 Å². The van der Waals surface area contributed by atoms with E-state index in [1.807, 2.05) is 34.6 Å². The number of benzene rings is 3. The summed E-state index contributed by atoms with van der Waals surface area (Å²) >= 11 is 6.06. The second-order valence-electron chi connectivity index (χ2n) is 10.8. The van der Waals surface area contributed by atoms with Crippen LogP contribution in [0.15, 0.2) is 77.7 Å². The minimum atomic E-state index is -4.15. The van der Waals surface area contributed by atoms with Crippen molar-refractivity contribution in [3.05, 3.63) is 88.9 Å². The zero-order valence-corrected chi connectivity index (χ0v) is 25.9. The molecule has 10 heteroatoms. The van der Waals surface area contributed by atoms with Crippen LogP contribution >= 0.6 is 11.6 Å². The normalized spacial score (nSPS) is 12.4. The van der Waals surface area contributed by atoms with Crippen molar-refractivity contribution in [1.29, 1.82) is 0 Å². The van der Waals surface area contributed by atoms with Crippen molar-refractivity contribution in [1.82, 2.24) is 10.2 Å². The number of sulfonamides is 1. The molecule has 0 heterocycles. The van der Waals surface area contributed by atoms with Gasteiger partial charge in [-0.1, -0.05) is 41.4 Å².